The van der Waals surface area contributed by atoms with Crippen molar-refractivity contribution in [2.24, 2.45) is 5.41 Å². The van der Waals surface area contributed by atoms with E-state index in [1.807, 2.05) is 4.90 Å². The van der Waals surface area contributed by atoms with Crippen LogP contribution in [-0.2, 0) is 11.0 Å². The van der Waals surface area contributed by atoms with Gasteiger partial charge in [-0.3, -0.25) is 14.3 Å². The summed E-state index contributed by atoms with van der Waals surface area (Å²) in [5, 5.41) is 16.4. The molecule has 10 nitrogen and oxygen atoms in total. The number of carbonyl (C=O) groups excluding carboxylic acids is 1. The van der Waals surface area contributed by atoms with Crippen molar-refractivity contribution in [3.05, 3.63) is 60.3 Å². The number of halogens is 3. The van der Waals surface area contributed by atoms with E-state index in [-0.39, 0.29) is 17.8 Å². The molecule has 0 radical (unpaired) electrons. The van der Waals surface area contributed by atoms with Gasteiger partial charge in [0.05, 0.1) is 30.1 Å². The second-order valence-corrected chi connectivity index (χ2v) is 9.21. The first kappa shape index (κ1) is 23.0. The molecule has 1 unspecified atom stereocenters. The number of rotatable bonds is 4. The first-order valence-corrected chi connectivity index (χ1v) is 11.6. The van der Waals surface area contributed by atoms with Crippen molar-refractivity contribution < 1.29 is 18.0 Å². The Balaban J connectivity index is 1.32. The minimum absolute atomic E-state index is 0.171. The molecule has 0 spiro atoms. The zero-order valence-electron chi connectivity index (χ0n) is 19.4. The van der Waals surface area contributed by atoms with E-state index in [1.165, 1.54) is 16.7 Å². The van der Waals surface area contributed by atoms with Gasteiger partial charge in [0.1, 0.15) is 22.6 Å². The number of amides is 1. The van der Waals surface area contributed by atoms with Crippen LogP contribution in [-0.4, -0.2) is 60.0 Å². The van der Waals surface area contributed by atoms with Gasteiger partial charge < -0.3 is 9.80 Å². The molecular formula is C24H20F3N9O. The molecule has 4 aromatic rings. The first-order valence-electron chi connectivity index (χ1n) is 11.6. The number of nitrogens with zero attached hydrogens (tertiary/aromatic N) is 8. The Labute approximate surface area is 208 Å². The number of aromatic amines is 1. The molecule has 4 aromatic heterocycles. The number of nitriles is 1. The number of fused-ring (bicyclic) bond motifs is 1. The summed E-state index contributed by atoms with van der Waals surface area (Å²) in [4.78, 5) is 30.1. The number of imidazole rings is 1. The lowest BCUT2D eigenvalue weighted by molar-refractivity contribution is -0.138. The highest BCUT2D eigenvalue weighted by Gasteiger charge is 2.54. The molecule has 1 amide bonds. The van der Waals surface area contributed by atoms with E-state index < -0.39 is 17.2 Å². The Kier molecular flexibility index (Phi) is 5.15. The molecule has 1 aliphatic heterocycles. The third-order valence-electron chi connectivity index (χ3n) is 6.95. The van der Waals surface area contributed by atoms with E-state index in [4.69, 9.17) is 0 Å². The topological polar surface area (TPSA) is 119 Å². The maximum Gasteiger partial charge on any atom is 0.417 e. The molecule has 1 atom stereocenters. The summed E-state index contributed by atoms with van der Waals surface area (Å²) >= 11 is 0. The van der Waals surface area contributed by atoms with Crippen molar-refractivity contribution >= 4 is 17.4 Å². The fourth-order valence-electron chi connectivity index (χ4n) is 4.70. The fraction of sp³-hybridized carbons (Fsp3) is 0.333. The minimum atomic E-state index is -4.50. The van der Waals surface area contributed by atoms with Crippen LogP contribution in [0.5, 0.6) is 0 Å². The van der Waals surface area contributed by atoms with E-state index >= 15 is 0 Å². The Morgan fingerprint density at radius 1 is 1.16 bits per heavy atom. The second-order valence-electron chi connectivity index (χ2n) is 9.21. The van der Waals surface area contributed by atoms with Crippen LogP contribution in [0.4, 0.5) is 19.0 Å². The Bertz CT molecular complexity index is 1520. The summed E-state index contributed by atoms with van der Waals surface area (Å²) in [7, 11) is 0. The van der Waals surface area contributed by atoms with Gasteiger partial charge in [-0.05, 0) is 31.0 Å². The average molecular weight is 507 g/mol. The molecule has 0 aromatic carbocycles. The van der Waals surface area contributed by atoms with Gasteiger partial charge in [0.2, 0.25) is 5.91 Å². The third kappa shape index (κ3) is 3.94. The number of aromatic nitrogens is 6. The number of H-pyrrole nitrogens is 1. The Hall–Kier alpha value is -4.47. The van der Waals surface area contributed by atoms with Gasteiger partial charge >= 0.3 is 6.18 Å². The lowest BCUT2D eigenvalue weighted by Gasteiger charge is -2.42. The number of nitrogens with one attached hydrogen (secondary N) is 1. The first-order chi connectivity index (χ1) is 17.8. The van der Waals surface area contributed by atoms with Gasteiger partial charge in [0, 0.05) is 43.8 Å². The normalized spacial score (nSPS) is 19.1. The number of hydrogen-bond acceptors (Lipinski definition) is 7. The van der Waals surface area contributed by atoms with Crippen LogP contribution in [0.2, 0.25) is 0 Å². The summed E-state index contributed by atoms with van der Waals surface area (Å²) in [6, 6.07) is 5.83. The number of piperazine rings is 1. The molecule has 13 heteroatoms. The smallest absolute Gasteiger partial charge is 0.352 e. The van der Waals surface area contributed by atoms with Gasteiger partial charge in [0.15, 0.2) is 5.82 Å². The average Bonchev–Trinajstić information content (AvgIpc) is 3.30. The van der Waals surface area contributed by atoms with Crippen molar-refractivity contribution in [1.82, 2.24) is 34.4 Å². The minimum Gasteiger partial charge on any atom is -0.352 e. The van der Waals surface area contributed by atoms with E-state index in [1.54, 1.807) is 29.6 Å². The Morgan fingerprint density at radius 3 is 2.70 bits per heavy atom. The zero-order chi connectivity index (χ0) is 25.8. The zero-order valence-corrected chi connectivity index (χ0v) is 19.4. The molecular weight excluding hydrogens is 487 g/mol. The van der Waals surface area contributed by atoms with Crippen LogP contribution in [0.1, 0.15) is 30.0 Å². The molecule has 1 N–H and O–H groups in total. The summed E-state index contributed by atoms with van der Waals surface area (Å²) < 4.78 is 41.2. The molecule has 37 heavy (non-hydrogen) atoms. The maximum atomic E-state index is 13.3. The SMILES string of the molecule is N#CC1(C(=O)N2CCN(c3ccnc(-c4cnc5ccc(C(F)(F)F)cn45)n3)CC2c2cn[nH]c2)CC1. The van der Waals surface area contributed by atoms with Gasteiger partial charge in [0.25, 0.3) is 0 Å². The predicted molar refractivity (Wildman–Crippen MR) is 124 cm³/mol. The molecule has 1 aliphatic carbocycles. The standard InChI is InChI=1S/C24H20F3N9O/c25-24(26,27)16-1-2-19-30-11-17(36(19)12-16)21-29-6-3-20(33-21)34-7-8-35(22(37)23(14-28)4-5-23)18(13-34)15-9-31-32-10-15/h1-3,6,9-12,18H,4-5,7-8,13H2,(H,31,32). The van der Waals surface area contributed by atoms with Crippen molar-refractivity contribution in [3.8, 4) is 17.6 Å². The molecule has 5 heterocycles. The van der Waals surface area contributed by atoms with Crippen molar-refractivity contribution in [3.63, 3.8) is 0 Å². The number of hydrogen-bond donors (Lipinski definition) is 1. The molecule has 1 saturated heterocycles. The fourth-order valence-corrected chi connectivity index (χ4v) is 4.70. The molecule has 6 rings (SSSR count). The van der Waals surface area contributed by atoms with Gasteiger partial charge in [-0.25, -0.2) is 15.0 Å². The lowest BCUT2D eigenvalue weighted by Crippen LogP contribution is -2.52. The summed E-state index contributed by atoms with van der Waals surface area (Å²) in [5.41, 5.74) is -0.263. The maximum absolute atomic E-state index is 13.3. The third-order valence-corrected chi connectivity index (χ3v) is 6.95. The van der Waals surface area contributed by atoms with Crippen molar-refractivity contribution in [2.75, 3.05) is 24.5 Å². The number of alkyl halides is 3. The van der Waals surface area contributed by atoms with Crippen molar-refractivity contribution in [1.29, 1.82) is 5.26 Å². The number of anilines is 1. The Morgan fingerprint density at radius 2 is 2.00 bits per heavy atom. The van der Waals surface area contributed by atoms with E-state index in [2.05, 4.69) is 31.2 Å². The van der Waals surface area contributed by atoms with Gasteiger partial charge in [-0.1, -0.05) is 0 Å². The monoisotopic (exact) mass is 507 g/mol. The van der Waals surface area contributed by atoms with E-state index in [9.17, 15) is 23.2 Å². The molecule has 188 valence electrons. The second kappa shape index (κ2) is 8.29. The van der Waals surface area contributed by atoms with Crippen LogP contribution in [0.25, 0.3) is 17.2 Å². The van der Waals surface area contributed by atoms with Gasteiger partial charge in [-0.2, -0.15) is 23.5 Å². The van der Waals surface area contributed by atoms with E-state index in [0.29, 0.717) is 49.6 Å². The molecule has 2 aliphatic rings. The largest absolute Gasteiger partial charge is 0.417 e. The number of carbonyl (C=O) groups is 1. The highest BCUT2D eigenvalue weighted by atomic mass is 19.4. The van der Waals surface area contributed by atoms with Crippen LogP contribution >= 0.6 is 0 Å². The van der Waals surface area contributed by atoms with Crippen LogP contribution in [0.15, 0.2) is 49.2 Å². The predicted octanol–water partition coefficient (Wildman–Crippen LogP) is 3.23. The summed E-state index contributed by atoms with van der Waals surface area (Å²) in [6.07, 6.45) is 3.97. The lowest BCUT2D eigenvalue weighted by atomic mass is 10.0. The van der Waals surface area contributed by atoms with Crippen LogP contribution in [0.3, 0.4) is 0 Å². The highest BCUT2D eigenvalue weighted by molar-refractivity contribution is 5.89. The van der Waals surface area contributed by atoms with Crippen LogP contribution < -0.4 is 4.90 Å². The summed E-state index contributed by atoms with van der Waals surface area (Å²) in [6.45, 7) is 1.24. The van der Waals surface area contributed by atoms with Gasteiger partial charge in [-0.15, -0.1) is 0 Å². The van der Waals surface area contributed by atoms with E-state index in [0.717, 1.165) is 17.8 Å². The molecule has 1 saturated carbocycles. The van der Waals surface area contributed by atoms with Crippen LogP contribution in [0, 0.1) is 16.7 Å². The molecule has 2 fully saturated rings. The highest BCUT2D eigenvalue weighted by Crippen LogP contribution is 2.48. The summed E-state index contributed by atoms with van der Waals surface area (Å²) in [5.74, 6) is 0.619. The quantitative estimate of drug-likeness (QED) is 0.450. The number of pyridine rings is 1. The van der Waals surface area contributed by atoms with Crippen molar-refractivity contribution in [2.45, 2.75) is 25.1 Å². The molecule has 0 bridgehead atoms.